The van der Waals surface area contributed by atoms with E-state index in [2.05, 4.69) is 74.5 Å². The molecule has 0 aromatic heterocycles. The fraction of sp³-hybridized carbons (Fsp3) is 0.444. The number of unbranched alkanes of at least 4 members (excludes halogenated alkanes) is 10. The van der Waals surface area contributed by atoms with Gasteiger partial charge in [0.1, 0.15) is 0 Å². The Bertz CT molecular complexity index is 1070. The van der Waals surface area contributed by atoms with Gasteiger partial charge in [-0.1, -0.05) is 78.1 Å². The number of hydrogen-bond acceptors (Lipinski definition) is 8. The molecule has 2 aromatic rings. The average Bonchev–Trinajstić information content (AvgIpc) is 3.00. The van der Waals surface area contributed by atoms with Gasteiger partial charge in [-0.15, -0.1) is 0 Å². The first-order valence-electron chi connectivity index (χ1n) is 15.9. The van der Waals surface area contributed by atoms with Crippen molar-refractivity contribution in [2.24, 2.45) is 0 Å². The predicted molar refractivity (Wildman–Crippen MR) is 173 cm³/mol. The van der Waals surface area contributed by atoms with Crippen LogP contribution in [0, 0.1) is 0 Å². The molecule has 2 rings (SSSR count). The Kier molecular flexibility index (Phi) is 26.0. The Hall–Kier alpha value is -3.40. The molecule has 0 aliphatic carbocycles. The van der Waals surface area contributed by atoms with Crippen LogP contribution < -0.4 is 27.6 Å². The molecule has 0 unspecified atom stereocenters. The van der Waals surface area contributed by atoms with Crippen LogP contribution in [0.25, 0.3) is 0 Å². The zero-order valence-electron chi connectivity index (χ0n) is 26.8. The molecular weight excluding hydrogens is 679 g/mol. The molecule has 0 aliphatic rings. The molecule has 4 radical (unpaired) electrons. The molecule has 0 heterocycles. The van der Waals surface area contributed by atoms with Gasteiger partial charge in [0, 0.05) is 0 Å². The minimum atomic E-state index is -1.48. The minimum absolute atomic E-state index is 0.185. The summed E-state index contributed by atoms with van der Waals surface area (Å²) in [7, 11) is 0. The number of aliphatic carboxylic acids is 4. The molecule has 0 atom stereocenters. The third-order valence-corrected chi connectivity index (χ3v) is 11.8. The molecule has 0 spiro atoms. The van der Waals surface area contributed by atoms with Crippen molar-refractivity contribution in [1.29, 1.82) is 0 Å². The van der Waals surface area contributed by atoms with E-state index in [0.29, 0.717) is 25.0 Å². The second-order valence-electron chi connectivity index (χ2n) is 10.7. The summed E-state index contributed by atoms with van der Waals surface area (Å²) >= 11 is -0.881. The molecular formula is C36H48O8Sn. The third-order valence-electron chi connectivity index (χ3n) is 6.80. The molecule has 9 heteroatoms. The van der Waals surface area contributed by atoms with Crippen molar-refractivity contribution < 1.29 is 39.6 Å². The van der Waals surface area contributed by atoms with Crippen LogP contribution in [-0.2, 0) is 19.2 Å². The van der Waals surface area contributed by atoms with E-state index in [0.717, 1.165) is 51.4 Å². The van der Waals surface area contributed by atoms with E-state index in [1.54, 1.807) is 7.16 Å². The summed E-state index contributed by atoms with van der Waals surface area (Å²) in [4.78, 5) is 41.5. The van der Waals surface area contributed by atoms with Crippen molar-refractivity contribution in [2.45, 2.75) is 104 Å². The standard InChI is InChI=1S/2C12H20O4.2C6H5.Sn.2H/c2*1-2-3-4-5-6-7-8-10(12(15)16)9-11(13)14;2*1-2-4-6-5-3-1;;;/h2*9H,2-8H2,1H3,(H,13,14)(H,15,16);2*1-5H;;;/q;;;;+4;;/p-4/b2*10-9-;;;;;. The maximum atomic E-state index is 10.5. The molecule has 45 heavy (non-hydrogen) atoms. The molecule has 2 aromatic carbocycles. The van der Waals surface area contributed by atoms with Gasteiger partial charge in [0.15, 0.2) is 0 Å². The fourth-order valence-electron chi connectivity index (χ4n) is 4.37. The fourth-order valence-corrected chi connectivity index (χ4v) is 8.61. The second kappa shape index (κ2) is 28.1. The quantitative estimate of drug-likeness (QED) is 0.112. The van der Waals surface area contributed by atoms with Crippen molar-refractivity contribution in [2.75, 3.05) is 0 Å². The van der Waals surface area contributed by atoms with Gasteiger partial charge in [0.25, 0.3) is 0 Å². The van der Waals surface area contributed by atoms with E-state index < -0.39 is 45.0 Å². The molecule has 0 fully saturated rings. The molecule has 8 nitrogen and oxygen atoms in total. The number of hydrogen-bond donors (Lipinski definition) is 0. The molecule has 0 saturated carbocycles. The summed E-state index contributed by atoms with van der Waals surface area (Å²) in [5.74, 6) is -5.80. The Morgan fingerprint density at radius 1 is 0.511 bits per heavy atom. The van der Waals surface area contributed by atoms with Gasteiger partial charge >= 0.3 is 89.0 Å². The number of benzene rings is 2. The summed E-state index contributed by atoms with van der Waals surface area (Å²) in [6.45, 7) is 4.24. The van der Waals surface area contributed by atoms with E-state index in [9.17, 15) is 39.6 Å². The van der Waals surface area contributed by atoms with Gasteiger partial charge < -0.3 is 39.6 Å². The molecule has 0 bridgehead atoms. The van der Waals surface area contributed by atoms with E-state index >= 15 is 0 Å². The number of carboxylic acid groups (broad SMARTS) is 4. The van der Waals surface area contributed by atoms with Crippen LogP contribution in [0.5, 0.6) is 0 Å². The van der Waals surface area contributed by atoms with Crippen molar-refractivity contribution >= 4 is 52.2 Å². The Morgan fingerprint density at radius 2 is 0.822 bits per heavy atom. The zero-order chi connectivity index (χ0) is 33.7. The van der Waals surface area contributed by atoms with E-state index in [4.69, 9.17) is 0 Å². The third kappa shape index (κ3) is 25.6. The maximum absolute atomic E-state index is 10.5. The summed E-state index contributed by atoms with van der Waals surface area (Å²) < 4.78 is 3.16. The second-order valence-corrected chi connectivity index (χ2v) is 16.4. The number of carbonyl (C=O) groups is 4. The Balaban J connectivity index is 0.000000648. The van der Waals surface area contributed by atoms with E-state index in [-0.39, 0.29) is 24.0 Å². The molecule has 0 amide bonds. The van der Waals surface area contributed by atoms with Crippen LogP contribution in [0.15, 0.2) is 84.0 Å². The molecule has 244 valence electrons. The van der Waals surface area contributed by atoms with Crippen LogP contribution >= 0.6 is 0 Å². The number of carbonyl (C=O) groups excluding carboxylic acids is 4. The SMILES string of the molecule is CCCCCCCC/C(=C/C(=O)[O-])C(=O)[O-].CCCCCCCC/C(=C/C(=O)[O-])C(=O)[O-].c1cc[c]([SnH2+4][c]2ccccc2)cc1. The summed E-state index contributed by atoms with van der Waals surface area (Å²) in [5.41, 5.74) is -0.369. The first-order valence-corrected chi connectivity index (χ1v) is 20.0. The van der Waals surface area contributed by atoms with Crippen LogP contribution in [0.3, 0.4) is 0 Å². The van der Waals surface area contributed by atoms with Gasteiger partial charge in [-0.3, -0.25) is 0 Å². The first kappa shape index (κ1) is 41.6. The zero-order valence-corrected chi connectivity index (χ0v) is 30.8. The van der Waals surface area contributed by atoms with Crippen LogP contribution in [-0.4, -0.2) is 45.0 Å². The van der Waals surface area contributed by atoms with Crippen LogP contribution in [0.4, 0.5) is 0 Å². The predicted octanol–water partition coefficient (Wildman–Crippen LogP) is 1.13. The topological polar surface area (TPSA) is 161 Å². The van der Waals surface area contributed by atoms with Crippen molar-refractivity contribution in [3.63, 3.8) is 0 Å². The van der Waals surface area contributed by atoms with Gasteiger partial charge in [-0.25, -0.2) is 0 Å². The average molecular weight is 727 g/mol. The van der Waals surface area contributed by atoms with Crippen molar-refractivity contribution in [1.82, 2.24) is 0 Å². The first-order chi connectivity index (χ1) is 21.6. The summed E-state index contributed by atoms with van der Waals surface area (Å²) in [6, 6.07) is 21.7. The molecule has 0 saturated heterocycles. The molecule has 0 N–H and O–H groups in total. The normalized spacial score (nSPS) is 11.0. The summed E-state index contributed by atoms with van der Waals surface area (Å²) in [6.07, 6.45) is 14.0. The van der Waals surface area contributed by atoms with Crippen LogP contribution in [0.2, 0.25) is 0 Å². The number of rotatable bonds is 20. The Morgan fingerprint density at radius 3 is 1.11 bits per heavy atom. The van der Waals surface area contributed by atoms with Gasteiger partial charge in [-0.2, -0.15) is 0 Å². The van der Waals surface area contributed by atoms with Crippen molar-refractivity contribution in [3.8, 4) is 0 Å². The van der Waals surface area contributed by atoms with Gasteiger partial charge in [0.2, 0.25) is 0 Å². The van der Waals surface area contributed by atoms with Crippen LogP contribution in [0.1, 0.15) is 104 Å². The van der Waals surface area contributed by atoms with Crippen molar-refractivity contribution in [3.05, 3.63) is 84.0 Å². The van der Waals surface area contributed by atoms with E-state index in [1.165, 1.54) is 12.8 Å². The monoisotopic (exact) mass is 728 g/mol. The van der Waals surface area contributed by atoms with Gasteiger partial charge in [-0.05, 0) is 49.0 Å². The van der Waals surface area contributed by atoms with Gasteiger partial charge in [0.05, 0.1) is 23.9 Å². The summed E-state index contributed by atoms with van der Waals surface area (Å²) in [5, 5.41) is 41.5. The number of carboxylic acids is 4. The van der Waals surface area contributed by atoms with E-state index in [1.807, 2.05) is 0 Å². The Labute approximate surface area is 278 Å². The molecule has 0 aliphatic heterocycles.